The van der Waals surface area contributed by atoms with E-state index in [1.54, 1.807) is 6.92 Å². The fraction of sp³-hybridized carbons (Fsp3) is 0.455. The number of amides is 1. The molecule has 1 aromatic rings. The van der Waals surface area contributed by atoms with Gasteiger partial charge >= 0.3 is 0 Å². The zero-order chi connectivity index (χ0) is 12.8. The minimum Gasteiger partial charge on any atom is -0.377 e. The molecule has 1 unspecified atom stereocenters. The van der Waals surface area contributed by atoms with Crippen LogP contribution in [0.15, 0.2) is 12.3 Å². The van der Waals surface area contributed by atoms with Gasteiger partial charge < -0.3 is 10.1 Å². The average Bonchev–Trinajstić information content (AvgIpc) is 2.30. The first-order valence-corrected chi connectivity index (χ1v) is 5.26. The van der Waals surface area contributed by atoms with Gasteiger partial charge in [0.25, 0.3) is 5.91 Å². The van der Waals surface area contributed by atoms with Crippen LogP contribution in [0.25, 0.3) is 0 Å². The molecular weight excluding hydrogens is 230 g/mol. The average molecular weight is 244 g/mol. The van der Waals surface area contributed by atoms with Gasteiger partial charge in [-0.25, -0.2) is 9.37 Å². The molecule has 94 valence electrons. The molecule has 0 saturated heterocycles. The molecule has 1 aromatic heterocycles. The number of ether oxygens (including phenoxy) is 1. The van der Waals surface area contributed by atoms with Crippen LogP contribution in [0.1, 0.15) is 24.2 Å². The summed E-state index contributed by atoms with van der Waals surface area (Å²) in [7, 11) is 0. The summed E-state index contributed by atoms with van der Waals surface area (Å²) in [6.45, 7) is 4.36. The minimum absolute atomic E-state index is 0.182. The van der Waals surface area contributed by atoms with Gasteiger partial charge in [-0.05, 0) is 19.9 Å². The zero-order valence-electron chi connectivity index (χ0n) is 9.67. The Labute approximate surface area is 98.0 Å². The lowest BCUT2D eigenvalue weighted by Crippen LogP contribution is -2.32. The van der Waals surface area contributed by atoms with Gasteiger partial charge in [0.1, 0.15) is 0 Å². The lowest BCUT2D eigenvalue weighted by atomic mass is 10.2. The second-order valence-corrected chi connectivity index (χ2v) is 3.44. The first-order chi connectivity index (χ1) is 8.06. The third-order valence-electron chi connectivity index (χ3n) is 2.09. The maximum absolute atomic E-state index is 13.2. The summed E-state index contributed by atoms with van der Waals surface area (Å²) in [4.78, 5) is 14.6. The summed E-state index contributed by atoms with van der Waals surface area (Å²) in [6, 6.07) is 1.12. The lowest BCUT2D eigenvalue weighted by molar-refractivity contribution is 0.0693. The van der Waals surface area contributed by atoms with Crippen LogP contribution in [-0.2, 0) is 4.74 Å². The Morgan fingerprint density at radius 2 is 2.29 bits per heavy atom. The molecule has 0 aliphatic rings. The first kappa shape index (κ1) is 13.5. The first-order valence-electron chi connectivity index (χ1n) is 5.26. The van der Waals surface area contributed by atoms with E-state index in [4.69, 9.17) is 4.74 Å². The molecule has 0 bridgehead atoms. The summed E-state index contributed by atoms with van der Waals surface area (Å²) in [6.07, 6.45) is 0.859. The Morgan fingerprint density at radius 1 is 1.59 bits per heavy atom. The molecule has 1 atom stereocenters. The Balaban J connectivity index is 2.61. The molecule has 0 aromatic carbocycles. The number of halogens is 2. The van der Waals surface area contributed by atoms with Gasteiger partial charge in [-0.1, -0.05) is 0 Å². The van der Waals surface area contributed by atoms with Gasteiger partial charge in [-0.2, -0.15) is 4.39 Å². The van der Waals surface area contributed by atoms with Gasteiger partial charge in [0.2, 0.25) is 5.95 Å². The Bertz CT molecular complexity index is 399. The molecule has 1 N–H and O–H groups in total. The van der Waals surface area contributed by atoms with Crippen LogP contribution in [0, 0.1) is 11.8 Å². The quantitative estimate of drug-likeness (QED) is 0.799. The molecule has 1 amide bonds. The van der Waals surface area contributed by atoms with Crippen molar-refractivity contribution in [2.24, 2.45) is 0 Å². The van der Waals surface area contributed by atoms with E-state index in [0.29, 0.717) is 6.61 Å². The highest BCUT2D eigenvalue weighted by molar-refractivity contribution is 5.94. The van der Waals surface area contributed by atoms with Gasteiger partial charge in [0.15, 0.2) is 5.82 Å². The summed E-state index contributed by atoms with van der Waals surface area (Å²) in [5, 5.41) is 2.45. The van der Waals surface area contributed by atoms with Crippen molar-refractivity contribution in [1.29, 1.82) is 0 Å². The maximum Gasteiger partial charge on any atom is 0.254 e. The van der Waals surface area contributed by atoms with E-state index in [2.05, 4.69) is 10.3 Å². The van der Waals surface area contributed by atoms with E-state index in [1.807, 2.05) is 6.92 Å². The molecule has 0 saturated carbocycles. The van der Waals surface area contributed by atoms with E-state index in [9.17, 15) is 13.6 Å². The Morgan fingerprint density at radius 3 is 2.94 bits per heavy atom. The fourth-order valence-corrected chi connectivity index (χ4v) is 1.27. The third kappa shape index (κ3) is 3.74. The lowest BCUT2D eigenvalue weighted by Gasteiger charge is -2.12. The van der Waals surface area contributed by atoms with E-state index in [1.165, 1.54) is 0 Å². The molecule has 6 heteroatoms. The highest BCUT2D eigenvalue weighted by atomic mass is 19.2. The van der Waals surface area contributed by atoms with Gasteiger partial charge in [-0.3, -0.25) is 4.79 Å². The van der Waals surface area contributed by atoms with Crippen molar-refractivity contribution < 1.29 is 18.3 Å². The normalized spacial score (nSPS) is 12.2. The molecular formula is C11H14F2N2O2. The SMILES string of the molecule is CCOC(C)CNC(=O)c1ccnc(F)c1F. The smallest absolute Gasteiger partial charge is 0.254 e. The summed E-state index contributed by atoms with van der Waals surface area (Å²) in [5.41, 5.74) is -0.360. The molecule has 0 radical (unpaired) electrons. The Kier molecular flexibility index (Phi) is 4.96. The van der Waals surface area contributed by atoms with Crippen molar-refractivity contribution >= 4 is 5.91 Å². The van der Waals surface area contributed by atoms with Crippen molar-refractivity contribution in [3.8, 4) is 0 Å². The second kappa shape index (κ2) is 6.24. The van der Waals surface area contributed by atoms with Crippen molar-refractivity contribution in [3.63, 3.8) is 0 Å². The highest BCUT2D eigenvalue weighted by Crippen LogP contribution is 2.08. The molecule has 0 fully saturated rings. The number of hydrogen-bond acceptors (Lipinski definition) is 3. The van der Waals surface area contributed by atoms with Crippen molar-refractivity contribution in [1.82, 2.24) is 10.3 Å². The molecule has 0 aliphatic carbocycles. The predicted octanol–water partition coefficient (Wildman–Crippen LogP) is 1.51. The molecule has 17 heavy (non-hydrogen) atoms. The van der Waals surface area contributed by atoms with E-state index in [0.717, 1.165) is 12.3 Å². The van der Waals surface area contributed by atoms with Crippen LogP contribution in [0.2, 0.25) is 0 Å². The zero-order valence-corrected chi connectivity index (χ0v) is 9.67. The topological polar surface area (TPSA) is 51.2 Å². The number of carbonyl (C=O) groups is 1. The molecule has 1 heterocycles. The largest absolute Gasteiger partial charge is 0.377 e. The van der Waals surface area contributed by atoms with Crippen LogP contribution in [0.3, 0.4) is 0 Å². The summed E-state index contributed by atoms with van der Waals surface area (Å²) in [5.74, 6) is -3.21. The van der Waals surface area contributed by atoms with Crippen LogP contribution in [-0.4, -0.2) is 30.1 Å². The molecule has 4 nitrogen and oxygen atoms in total. The van der Waals surface area contributed by atoms with Gasteiger partial charge in [0, 0.05) is 19.3 Å². The third-order valence-corrected chi connectivity index (χ3v) is 2.09. The molecule has 0 spiro atoms. The fourth-order valence-electron chi connectivity index (χ4n) is 1.27. The summed E-state index contributed by atoms with van der Waals surface area (Å²) >= 11 is 0. The molecule has 1 rings (SSSR count). The minimum atomic E-state index is -1.28. The van der Waals surface area contributed by atoms with Crippen LogP contribution >= 0.6 is 0 Å². The van der Waals surface area contributed by atoms with Gasteiger partial charge in [-0.15, -0.1) is 0 Å². The van der Waals surface area contributed by atoms with Crippen LogP contribution in [0.4, 0.5) is 8.78 Å². The van der Waals surface area contributed by atoms with Crippen LogP contribution < -0.4 is 5.32 Å². The summed E-state index contributed by atoms with van der Waals surface area (Å²) < 4.78 is 31.2. The monoisotopic (exact) mass is 244 g/mol. The number of hydrogen-bond donors (Lipinski definition) is 1. The van der Waals surface area contributed by atoms with Crippen LogP contribution in [0.5, 0.6) is 0 Å². The second-order valence-electron chi connectivity index (χ2n) is 3.44. The number of nitrogens with zero attached hydrogens (tertiary/aromatic N) is 1. The van der Waals surface area contributed by atoms with E-state index in [-0.39, 0.29) is 18.2 Å². The van der Waals surface area contributed by atoms with Crippen molar-refractivity contribution in [3.05, 3.63) is 29.6 Å². The van der Waals surface area contributed by atoms with E-state index < -0.39 is 17.7 Å². The molecule has 0 aliphatic heterocycles. The predicted molar refractivity (Wildman–Crippen MR) is 57.6 cm³/mol. The number of nitrogens with one attached hydrogen (secondary N) is 1. The Hall–Kier alpha value is -1.56. The number of rotatable bonds is 5. The van der Waals surface area contributed by atoms with Crippen molar-refractivity contribution in [2.75, 3.05) is 13.2 Å². The van der Waals surface area contributed by atoms with Gasteiger partial charge in [0.05, 0.1) is 11.7 Å². The highest BCUT2D eigenvalue weighted by Gasteiger charge is 2.16. The number of aromatic nitrogens is 1. The maximum atomic E-state index is 13.2. The standard InChI is InChI=1S/C11H14F2N2O2/c1-3-17-7(2)6-15-11(16)8-4-5-14-10(13)9(8)12/h4-5,7H,3,6H2,1-2H3,(H,15,16). The number of pyridine rings is 1. The van der Waals surface area contributed by atoms with Crippen molar-refractivity contribution in [2.45, 2.75) is 20.0 Å². The number of carbonyl (C=O) groups excluding carboxylic acids is 1. The van der Waals surface area contributed by atoms with E-state index >= 15 is 0 Å².